The van der Waals surface area contributed by atoms with Gasteiger partial charge in [-0.1, -0.05) is 18.2 Å². The summed E-state index contributed by atoms with van der Waals surface area (Å²) in [5.74, 6) is 1.35. The first-order chi connectivity index (χ1) is 14.7. The number of hydrogen-bond acceptors (Lipinski definition) is 5. The number of hydrogen-bond donors (Lipinski definition) is 0. The molecule has 3 aliphatic heterocycles. The zero-order valence-corrected chi connectivity index (χ0v) is 17.0. The van der Waals surface area contributed by atoms with Gasteiger partial charge >= 0.3 is 0 Å². The van der Waals surface area contributed by atoms with E-state index < -0.39 is 0 Å². The fourth-order valence-electron chi connectivity index (χ4n) is 4.77. The lowest BCUT2D eigenvalue weighted by atomic mass is 10.0. The van der Waals surface area contributed by atoms with Crippen LogP contribution in [0.5, 0.6) is 11.5 Å². The number of nitrogens with zero attached hydrogens (tertiary/aromatic N) is 2. The number of benzene rings is 2. The van der Waals surface area contributed by atoms with Crippen LogP contribution in [0.25, 0.3) is 0 Å². The average Bonchev–Trinajstić information content (AvgIpc) is 3.35. The van der Waals surface area contributed by atoms with Gasteiger partial charge in [-0.3, -0.25) is 19.4 Å². The molecule has 5 rings (SSSR count). The highest BCUT2D eigenvalue weighted by Crippen LogP contribution is 2.38. The van der Waals surface area contributed by atoms with Crippen LogP contribution >= 0.6 is 0 Å². The number of imide groups is 1. The van der Waals surface area contributed by atoms with Gasteiger partial charge in [0.2, 0.25) is 0 Å². The Morgan fingerprint density at radius 2 is 1.57 bits per heavy atom. The van der Waals surface area contributed by atoms with Gasteiger partial charge < -0.3 is 9.47 Å². The molecule has 30 heavy (non-hydrogen) atoms. The Morgan fingerprint density at radius 3 is 2.33 bits per heavy atom. The van der Waals surface area contributed by atoms with E-state index >= 15 is 0 Å². The fraction of sp³-hybridized carbons (Fsp3) is 0.417. The van der Waals surface area contributed by atoms with Crippen molar-refractivity contribution >= 4 is 11.8 Å². The third-order valence-corrected chi connectivity index (χ3v) is 6.27. The predicted octanol–water partition coefficient (Wildman–Crippen LogP) is 3.67. The van der Waals surface area contributed by atoms with E-state index in [0.717, 1.165) is 43.9 Å². The molecule has 3 heterocycles. The summed E-state index contributed by atoms with van der Waals surface area (Å²) in [4.78, 5) is 28.9. The number of rotatable bonds is 6. The lowest BCUT2D eigenvalue weighted by molar-refractivity contribution is 0.0650. The molecule has 0 N–H and O–H groups in total. The summed E-state index contributed by atoms with van der Waals surface area (Å²) in [7, 11) is 0. The third kappa shape index (κ3) is 3.45. The van der Waals surface area contributed by atoms with E-state index in [4.69, 9.17) is 9.47 Å². The Balaban J connectivity index is 1.16. The van der Waals surface area contributed by atoms with Crippen LogP contribution in [0.4, 0.5) is 0 Å². The van der Waals surface area contributed by atoms with Crippen LogP contribution < -0.4 is 9.47 Å². The monoisotopic (exact) mass is 406 g/mol. The highest BCUT2D eigenvalue weighted by Gasteiger charge is 2.34. The molecule has 2 amide bonds. The van der Waals surface area contributed by atoms with Gasteiger partial charge in [0, 0.05) is 12.6 Å². The van der Waals surface area contributed by atoms with Gasteiger partial charge in [-0.2, -0.15) is 0 Å². The van der Waals surface area contributed by atoms with Crippen LogP contribution in [0, 0.1) is 0 Å². The smallest absolute Gasteiger partial charge is 0.261 e. The number of carbonyl (C=O) groups is 2. The molecule has 1 unspecified atom stereocenters. The number of carbonyl (C=O) groups excluding carboxylic acids is 2. The van der Waals surface area contributed by atoms with Crippen molar-refractivity contribution in [2.24, 2.45) is 0 Å². The van der Waals surface area contributed by atoms with E-state index in [-0.39, 0.29) is 11.8 Å². The van der Waals surface area contributed by atoms with Crippen LogP contribution in [0.2, 0.25) is 0 Å². The van der Waals surface area contributed by atoms with Crippen molar-refractivity contribution in [3.05, 3.63) is 59.2 Å². The van der Waals surface area contributed by atoms with E-state index in [1.165, 1.54) is 16.9 Å². The van der Waals surface area contributed by atoms with Gasteiger partial charge in [-0.15, -0.1) is 0 Å². The first-order valence-corrected chi connectivity index (χ1v) is 10.8. The van der Waals surface area contributed by atoms with E-state index in [2.05, 4.69) is 17.0 Å². The van der Waals surface area contributed by atoms with Crippen LogP contribution in [-0.4, -0.2) is 54.5 Å². The highest BCUT2D eigenvalue weighted by molar-refractivity contribution is 6.21. The van der Waals surface area contributed by atoms with Gasteiger partial charge in [0.05, 0.1) is 11.1 Å². The molecule has 2 aromatic rings. The Bertz CT molecular complexity index is 938. The maximum absolute atomic E-state index is 12.5. The van der Waals surface area contributed by atoms with Crippen molar-refractivity contribution in [1.82, 2.24) is 9.80 Å². The zero-order valence-electron chi connectivity index (χ0n) is 17.0. The van der Waals surface area contributed by atoms with Crippen molar-refractivity contribution in [2.45, 2.75) is 31.7 Å². The maximum Gasteiger partial charge on any atom is 0.261 e. The van der Waals surface area contributed by atoms with E-state index in [9.17, 15) is 9.59 Å². The van der Waals surface area contributed by atoms with Crippen LogP contribution in [0.1, 0.15) is 58.0 Å². The Labute approximate surface area is 176 Å². The van der Waals surface area contributed by atoms with Gasteiger partial charge in [-0.05, 0) is 68.6 Å². The van der Waals surface area contributed by atoms with Crippen molar-refractivity contribution in [2.75, 3.05) is 32.8 Å². The molecule has 0 aliphatic carbocycles. The molecular formula is C24H26N2O4. The number of likely N-dealkylation sites (tertiary alicyclic amines) is 1. The lowest BCUT2D eigenvalue weighted by Crippen LogP contribution is -2.31. The molecular weight excluding hydrogens is 380 g/mol. The minimum atomic E-state index is -0.161. The Morgan fingerprint density at radius 1 is 0.867 bits per heavy atom. The molecule has 6 nitrogen and oxygen atoms in total. The summed E-state index contributed by atoms with van der Waals surface area (Å²) in [6.45, 7) is 3.72. The molecule has 1 atom stereocenters. The molecule has 6 heteroatoms. The summed E-state index contributed by atoms with van der Waals surface area (Å²) in [5, 5.41) is 0. The minimum Gasteiger partial charge on any atom is -0.486 e. The van der Waals surface area contributed by atoms with E-state index in [0.29, 0.717) is 36.9 Å². The zero-order chi connectivity index (χ0) is 20.5. The average molecular weight is 406 g/mol. The molecule has 0 aromatic heterocycles. The van der Waals surface area contributed by atoms with E-state index in [1.54, 1.807) is 24.3 Å². The van der Waals surface area contributed by atoms with Crippen LogP contribution in [0.15, 0.2) is 42.5 Å². The summed E-state index contributed by atoms with van der Waals surface area (Å²) >= 11 is 0. The van der Waals surface area contributed by atoms with E-state index in [1.807, 2.05) is 6.07 Å². The second-order valence-electron chi connectivity index (χ2n) is 8.11. The maximum atomic E-state index is 12.5. The third-order valence-electron chi connectivity index (χ3n) is 6.27. The number of ether oxygens (including phenoxy) is 2. The first kappa shape index (κ1) is 19.1. The van der Waals surface area contributed by atoms with Gasteiger partial charge in [-0.25, -0.2) is 0 Å². The summed E-state index contributed by atoms with van der Waals surface area (Å²) < 4.78 is 11.4. The predicted molar refractivity (Wildman–Crippen MR) is 112 cm³/mol. The van der Waals surface area contributed by atoms with Gasteiger partial charge in [0.25, 0.3) is 11.8 Å². The second kappa shape index (κ2) is 8.11. The highest BCUT2D eigenvalue weighted by atomic mass is 16.6. The molecule has 1 saturated heterocycles. The number of amides is 2. The molecule has 0 spiro atoms. The SMILES string of the molecule is O=C1c2ccccc2C(=O)N1CCCCN1CCCC1c1ccc2c(c1)OCCO2. The number of unbranched alkanes of at least 4 members (excludes halogenated alkanes) is 1. The Hall–Kier alpha value is -2.86. The lowest BCUT2D eigenvalue weighted by Gasteiger charge is -2.26. The molecule has 2 aromatic carbocycles. The van der Waals surface area contributed by atoms with Crippen molar-refractivity contribution in [3.63, 3.8) is 0 Å². The quantitative estimate of drug-likeness (QED) is 0.541. The molecule has 0 saturated carbocycles. The molecule has 3 aliphatic rings. The fourth-order valence-corrected chi connectivity index (χ4v) is 4.77. The minimum absolute atomic E-state index is 0.161. The van der Waals surface area contributed by atoms with Crippen molar-refractivity contribution < 1.29 is 19.1 Å². The van der Waals surface area contributed by atoms with Crippen LogP contribution in [0.3, 0.4) is 0 Å². The van der Waals surface area contributed by atoms with Crippen molar-refractivity contribution in [1.29, 1.82) is 0 Å². The summed E-state index contributed by atoms with van der Waals surface area (Å²) in [6.07, 6.45) is 4.08. The van der Waals surface area contributed by atoms with Gasteiger partial charge in [0.1, 0.15) is 13.2 Å². The number of fused-ring (bicyclic) bond motifs is 2. The topological polar surface area (TPSA) is 59.1 Å². The molecule has 1 fully saturated rings. The molecule has 0 radical (unpaired) electrons. The summed E-state index contributed by atoms with van der Waals surface area (Å²) in [6, 6.07) is 13.8. The standard InChI is InChI=1S/C24H26N2O4/c27-23-18-6-1-2-7-19(18)24(28)26(23)13-4-3-11-25-12-5-8-20(25)17-9-10-21-22(16-17)30-15-14-29-21/h1-2,6-7,9-10,16,20H,3-5,8,11-15H2. The van der Waals surface area contributed by atoms with Crippen LogP contribution in [-0.2, 0) is 0 Å². The first-order valence-electron chi connectivity index (χ1n) is 10.8. The second-order valence-corrected chi connectivity index (χ2v) is 8.11. The largest absolute Gasteiger partial charge is 0.486 e. The summed E-state index contributed by atoms with van der Waals surface area (Å²) in [5.41, 5.74) is 2.33. The van der Waals surface area contributed by atoms with Crippen molar-refractivity contribution in [3.8, 4) is 11.5 Å². The molecule has 0 bridgehead atoms. The normalized spacial score (nSPS) is 20.7. The molecule has 156 valence electrons. The Kier molecular flexibility index (Phi) is 5.17. The van der Waals surface area contributed by atoms with Gasteiger partial charge in [0.15, 0.2) is 11.5 Å².